The van der Waals surface area contributed by atoms with E-state index in [4.69, 9.17) is 0 Å². The van der Waals surface area contributed by atoms with Crippen molar-refractivity contribution in [2.75, 3.05) is 4.90 Å². The lowest BCUT2D eigenvalue weighted by Crippen LogP contribution is -2.15. The summed E-state index contributed by atoms with van der Waals surface area (Å²) in [5, 5.41) is 2.68. The Hall–Kier alpha value is -5.96. The third-order valence-electron chi connectivity index (χ3n) is 10.8. The molecule has 262 valence electrons. The number of allylic oxidation sites excluding steroid dienone is 3. The lowest BCUT2D eigenvalue weighted by atomic mass is 9.86. The maximum Gasteiger partial charge on any atom is 0.0475 e. The van der Waals surface area contributed by atoms with Crippen molar-refractivity contribution in [2.45, 2.75) is 38.0 Å². The van der Waals surface area contributed by atoms with Crippen molar-refractivity contribution >= 4 is 42.9 Å². The van der Waals surface area contributed by atoms with E-state index >= 15 is 0 Å². The second kappa shape index (κ2) is 15.6. The highest BCUT2D eigenvalue weighted by molar-refractivity contribution is 7.25. The Bertz CT molecular complexity index is 2540. The van der Waals surface area contributed by atoms with E-state index in [1.807, 2.05) is 11.3 Å². The summed E-state index contributed by atoms with van der Waals surface area (Å²) in [6.07, 6.45) is 12.3. The van der Waals surface area contributed by atoms with Crippen LogP contribution in [-0.4, -0.2) is 0 Å². The van der Waals surface area contributed by atoms with Gasteiger partial charge in [-0.15, -0.1) is 11.3 Å². The van der Waals surface area contributed by atoms with Gasteiger partial charge in [-0.3, -0.25) is 0 Å². The summed E-state index contributed by atoms with van der Waals surface area (Å²) in [6.45, 7) is 0. The van der Waals surface area contributed by atoms with Crippen LogP contribution in [0.3, 0.4) is 0 Å². The molecule has 9 rings (SSSR count). The van der Waals surface area contributed by atoms with E-state index < -0.39 is 0 Å². The van der Waals surface area contributed by atoms with Crippen molar-refractivity contribution in [3.63, 3.8) is 0 Å². The van der Waals surface area contributed by atoms with E-state index in [0.29, 0.717) is 5.92 Å². The Labute approximate surface area is 323 Å². The zero-order valence-electron chi connectivity index (χ0n) is 30.4. The van der Waals surface area contributed by atoms with Gasteiger partial charge in [-0.1, -0.05) is 158 Å². The van der Waals surface area contributed by atoms with Crippen LogP contribution in [0.25, 0.3) is 42.4 Å². The van der Waals surface area contributed by atoms with Gasteiger partial charge >= 0.3 is 0 Å². The molecular weight excluding hydrogens is 671 g/mol. The van der Waals surface area contributed by atoms with Gasteiger partial charge in [0.25, 0.3) is 0 Å². The first-order valence-electron chi connectivity index (χ1n) is 19.2. The summed E-state index contributed by atoms with van der Waals surface area (Å²) in [5.74, 6) is 0.426. The predicted octanol–water partition coefficient (Wildman–Crippen LogP) is 14.7. The van der Waals surface area contributed by atoms with Crippen molar-refractivity contribution in [3.8, 4) is 22.3 Å². The molecule has 1 aromatic heterocycles. The van der Waals surface area contributed by atoms with E-state index in [1.54, 1.807) is 0 Å². The van der Waals surface area contributed by atoms with Gasteiger partial charge in [-0.25, -0.2) is 0 Å². The van der Waals surface area contributed by atoms with Crippen molar-refractivity contribution in [2.24, 2.45) is 0 Å². The van der Waals surface area contributed by atoms with E-state index in [9.17, 15) is 0 Å². The molecule has 1 aliphatic carbocycles. The van der Waals surface area contributed by atoms with Crippen molar-refractivity contribution in [1.82, 2.24) is 0 Å². The smallest absolute Gasteiger partial charge is 0.0475 e. The molecule has 0 amide bonds. The SMILES string of the molecule is C1=CC(N(c2ccccc2)c2ccc3c(c2)sc2cc(CCC(Cc4ccccc4)c4ccc(-c5ccc(-c6ccccc6)cc5)cc4)ccc23)=CCC1. The topological polar surface area (TPSA) is 3.24 Å². The first kappa shape index (κ1) is 33.8. The Morgan fingerprint density at radius 3 is 1.76 bits per heavy atom. The van der Waals surface area contributed by atoms with Gasteiger partial charge in [0.05, 0.1) is 0 Å². The Morgan fingerprint density at radius 2 is 1.09 bits per heavy atom. The summed E-state index contributed by atoms with van der Waals surface area (Å²) in [7, 11) is 0. The Balaban J connectivity index is 0.961. The fourth-order valence-electron chi connectivity index (χ4n) is 7.95. The number of aryl methyl sites for hydroxylation is 1. The summed E-state index contributed by atoms with van der Waals surface area (Å²) in [4.78, 5) is 2.39. The van der Waals surface area contributed by atoms with E-state index in [0.717, 1.165) is 32.1 Å². The molecule has 0 radical (unpaired) electrons. The standard InChI is InChI=1S/C52H43NS/c1-5-13-38(14-6-1)35-45(44-30-28-43(29-31-44)42-26-24-41(25-27-42)40-15-7-2-8-16-40)23-21-39-22-33-49-50-34-32-48(37-52(50)54-51(49)36-39)53(46-17-9-3-10-18-46)47-19-11-4-12-20-47/h1-3,5-11,13-20,22,24-34,36-37,45H,4,12,21,23,35H2. The van der Waals surface area contributed by atoms with Gasteiger partial charge in [0.2, 0.25) is 0 Å². The van der Waals surface area contributed by atoms with Gasteiger partial charge < -0.3 is 4.90 Å². The summed E-state index contributed by atoms with van der Waals surface area (Å²) in [6, 6.07) is 64.8. The summed E-state index contributed by atoms with van der Waals surface area (Å²) >= 11 is 1.92. The van der Waals surface area contributed by atoms with Crippen LogP contribution in [0, 0.1) is 0 Å². The number of para-hydroxylation sites is 1. The average molecular weight is 714 g/mol. The molecule has 1 heterocycles. The van der Waals surface area contributed by atoms with Gasteiger partial charge in [0.1, 0.15) is 0 Å². The van der Waals surface area contributed by atoms with Crippen LogP contribution >= 0.6 is 11.3 Å². The van der Waals surface area contributed by atoms with Crippen molar-refractivity contribution in [1.29, 1.82) is 0 Å². The predicted molar refractivity (Wildman–Crippen MR) is 233 cm³/mol. The highest BCUT2D eigenvalue weighted by Crippen LogP contribution is 2.40. The first-order chi connectivity index (χ1) is 26.7. The molecule has 8 aromatic rings. The van der Waals surface area contributed by atoms with Crippen LogP contribution in [-0.2, 0) is 12.8 Å². The summed E-state index contributed by atoms with van der Waals surface area (Å²) in [5.41, 5.74) is 12.9. The number of benzene rings is 7. The van der Waals surface area contributed by atoms with Crippen LogP contribution < -0.4 is 4.90 Å². The molecule has 1 aliphatic rings. The lowest BCUT2D eigenvalue weighted by Gasteiger charge is -2.27. The monoisotopic (exact) mass is 713 g/mol. The molecule has 2 heteroatoms. The zero-order valence-corrected chi connectivity index (χ0v) is 31.3. The maximum atomic E-state index is 2.45. The Morgan fingerprint density at radius 1 is 0.500 bits per heavy atom. The average Bonchev–Trinajstić information content (AvgIpc) is 3.61. The quantitative estimate of drug-likeness (QED) is 0.129. The van der Waals surface area contributed by atoms with Gasteiger partial charge in [0.15, 0.2) is 0 Å². The zero-order chi connectivity index (χ0) is 36.1. The number of nitrogens with zero attached hydrogens (tertiary/aromatic N) is 1. The lowest BCUT2D eigenvalue weighted by molar-refractivity contribution is 0.621. The molecule has 0 bridgehead atoms. The number of rotatable bonds is 11. The number of hydrogen-bond donors (Lipinski definition) is 0. The Kier molecular flexibility index (Phi) is 9.76. The third kappa shape index (κ3) is 7.31. The summed E-state index contributed by atoms with van der Waals surface area (Å²) < 4.78 is 2.70. The van der Waals surface area contributed by atoms with Crippen molar-refractivity contribution in [3.05, 3.63) is 217 Å². The minimum Gasteiger partial charge on any atom is -0.311 e. The molecular formula is C52H43NS. The highest BCUT2D eigenvalue weighted by Gasteiger charge is 2.17. The number of hydrogen-bond acceptors (Lipinski definition) is 2. The largest absolute Gasteiger partial charge is 0.311 e. The highest BCUT2D eigenvalue weighted by atomic mass is 32.1. The van der Waals surface area contributed by atoms with E-state index in [-0.39, 0.29) is 0 Å². The van der Waals surface area contributed by atoms with Crippen molar-refractivity contribution < 1.29 is 0 Å². The number of thiophene rings is 1. The maximum absolute atomic E-state index is 2.45. The number of fused-ring (bicyclic) bond motifs is 3. The van der Waals surface area contributed by atoms with E-state index in [2.05, 4.69) is 199 Å². The molecule has 0 fully saturated rings. The van der Waals surface area contributed by atoms with Gasteiger partial charge in [-0.05, 0) is 113 Å². The fourth-order valence-corrected chi connectivity index (χ4v) is 9.16. The minimum atomic E-state index is 0.426. The minimum absolute atomic E-state index is 0.426. The molecule has 0 N–H and O–H groups in total. The second-order valence-electron chi connectivity index (χ2n) is 14.4. The molecule has 1 atom stereocenters. The van der Waals surface area contributed by atoms with Crippen LogP contribution in [0.1, 0.15) is 41.9 Å². The normalized spacial score (nSPS) is 13.2. The molecule has 1 unspecified atom stereocenters. The van der Waals surface area contributed by atoms with Gasteiger partial charge in [-0.2, -0.15) is 0 Å². The van der Waals surface area contributed by atoms with Crippen LogP contribution in [0.5, 0.6) is 0 Å². The van der Waals surface area contributed by atoms with Gasteiger partial charge in [0, 0.05) is 37.2 Å². The first-order valence-corrected chi connectivity index (χ1v) is 20.0. The number of anilines is 2. The molecule has 0 spiro atoms. The van der Waals surface area contributed by atoms with Crippen LogP contribution in [0.2, 0.25) is 0 Å². The second-order valence-corrected chi connectivity index (χ2v) is 15.5. The third-order valence-corrected chi connectivity index (χ3v) is 12.0. The molecule has 1 nitrogen and oxygen atoms in total. The van der Waals surface area contributed by atoms with Crippen LogP contribution in [0.4, 0.5) is 11.4 Å². The molecule has 7 aromatic carbocycles. The fraction of sp³-hybridized carbons (Fsp3) is 0.115. The van der Waals surface area contributed by atoms with E-state index in [1.165, 1.54) is 76.2 Å². The molecule has 0 saturated heterocycles. The van der Waals surface area contributed by atoms with Crippen LogP contribution in [0.15, 0.2) is 200 Å². The molecule has 0 saturated carbocycles. The molecule has 54 heavy (non-hydrogen) atoms. The molecule has 0 aliphatic heterocycles.